The molecule has 0 bridgehead atoms. The molecule has 0 spiro atoms. The molecule has 0 N–H and O–H groups in total. The van der Waals surface area contributed by atoms with Gasteiger partial charge in [0.15, 0.2) is 0 Å². The largest absolute Gasteiger partial charge is 0.311 e. The van der Waals surface area contributed by atoms with E-state index in [1.165, 1.54) is 66.8 Å². The van der Waals surface area contributed by atoms with Crippen LogP contribution in [0.1, 0.15) is 95.8 Å². The lowest BCUT2D eigenvalue weighted by Crippen LogP contribution is -2.37. The maximum absolute atomic E-state index is 5.23. The predicted molar refractivity (Wildman–Crippen MR) is 343 cm³/mol. The van der Waals surface area contributed by atoms with E-state index in [1.54, 1.807) is 0 Å². The molecule has 3 nitrogen and oxygen atoms in total. The minimum absolute atomic E-state index is 0.151. The summed E-state index contributed by atoms with van der Waals surface area (Å²) in [4.78, 5) is 7.34. The number of hydrogen-bond donors (Lipinski definition) is 0. The number of hydrogen-bond acceptors (Lipinski definition) is 3. The summed E-state index contributed by atoms with van der Waals surface area (Å²) in [6.45, 7) is 25.7. The molecule has 0 saturated heterocycles. The van der Waals surface area contributed by atoms with Crippen molar-refractivity contribution in [2.45, 2.75) is 78.6 Å². The average Bonchev–Trinajstić information content (AvgIpc) is 3.00. The Bertz CT molecular complexity index is 4160. The normalized spacial score (nSPS) is 14.8. The van der Waals surface area contributed by atoms with Crippen molar-refractivity contribution in [1.29, 1.82) is 0 Å². The number of benzene rings is 10. The van der Waals surface area contributed by atoms with Crippen LogP contribution in [0.15, 0.2) is 261 Å². The molecule has 10 aromatic carbocycles. The maximum atomic E-state index is 5.23. The van der Waals surface area contributed by atoms with Crippen molar-refractivity contribution in [2.24, 2.45) is 0 Å². The van der Waals surface area contributed by atoms with Crippen LogP contribution >= 0.6 is 0 Å². The van der Waals surface area contributed by atoms with Crippen LogP contribution in [0, 0.1) is 27.7 Å². The highest BCUT2D eigenvalue weighted by Crippen LogP contribution is 2.59. The smallest absolute Gasteiger partial charge is 0.0736 e. The van der Waals surface area contributed by atoms with Crippen LogP contribution in [-0.4, -0.2) is 0 Å². The van der Waals surface area contributed by atoms with Gasteiger partial charge in [-0.05, 0) is 203 Å². The highest BCUT2D eigenvalue weighted by Gasteiger charge is 2.47. The summed E-state index contributed by atoms with van der Waals surface area (Å²) in [5.74, 6) is 0. The van der Waals surface area contributed by atoms with Gasteiger partial charge in [0, 0.05) is 50.7 Å². The molecule has 2 aliphatic carbocycles. The second kappa shape index (κ2) is 19.6. The van der Waals surface area contributed by atoms with E-state index >= 15 is 0 Å². The summed E-state index contributed by atoms with van der Waals surface area (Å²) in [5.41, 5.74) is 28.8. The van der Waals surface area contributed by atoms with Crippen molar-refractivity contribution >= 4 is 45.5 Å². The molecule has 1 heterocycles. The van der Waals surface area contributed by atoms with E-state index < -0.39 is 5.41 Å². The van der Waals surface area contributed by atoms with Crippen LogP contribution in [0.2, 0.25) is 0 Å². The SMILES string of the molecule is C=C(/C=C\C(=C/C)N(c1ccc2c(c1)C(C)(C)c1ccccc1-2)c1cc(C)ccc1C)C1(c2ccc(N(c3ccc4c(c3)C(C)(C)c3ccccc3-4)c3cc(C)ccc3C)cc2)c2ccccc2N(c2ccccc2)c2ccccc21. The van der Waals surface area contributed by atoms with Crippen LogP contribution in [0.3, 0.4) is 0 Å². The van der Waals surface area contributed by atoms with Crippen molar-refractivity contribution in [3.63, 3.8) is 0 Å². The van der Waals surface area contributed by atoms with Gasteiger partial charge in [-0.3, -0.25) is 0 Å². The summed E-state index contributed by atoms with van der Waals surface area (Å²) in [5, 5.41) is 0. The standard InChI is InChI=1S/C78H69N3/c1-11-57(79(74-47-51(2)33-35-53(74)4)60-43-45-64-62-25-15-17-27-66(62)76(7,8)70(64)49-60)40-37-55(6)78(68-29-19-21-31-72(68)81(58-23-13-12-14-24-58)73-32-22-20-30-69(73)78)56-38-41-59(42-39-56)80(75-48-52(3)34-36-54(75)5)61-44-46-65-63-26-16-18-28-67(63)77(9,10)71(65)50-61/h11-50H,6H2,1-5,7-10H3/b40-37-,57-11+. The Balaban J connectivity index is 0.988. The van der Waals surface area contributed by atoms with Gasteiger partial charge in [-0.2, -0.15) is 0 Å². The molecule has 0 saturated carbocycles. The van der Waals surface area contributed by atoms with Crippen LogP contribution in [0.4, 0.5) is 45.5 Å². The highest BCUT2D eigenvalue weighted by atomic mass is 15.2. The van der Waals surface area contributed by atoms with Crippen LogP contribution < -0.4 is 14.7 Å². The predicted octanol–water partition coefficient (Wildman–Crippen LogP) is 21.0. The molecule has 396 valence electrons. The highest BCUT2D eigenvalue weighted by molar-refractivity contribution is 5.91. The van der Waals surface area contributed by atoms with Crippen molar-refractivity contribution in [3.05, 3.63) is 322 Å². The zero-order valence-corrected chi connectivity index (χ0v) is 48.1. The lowest BCUT2D eigenvalue weighted by atomic mass is 9.62. The first-order valence-corrected chi connectivity index (χ1v) is 28.6. The summed E-state index contributed by atoms with van der Waals surface area (Å²) in [6, 6.07) is 83.7. The second-order valence-corrected chi connectivity index (χ2v) is 23.6. The van der Waals surface area contributed by atoms with Gasteiger partial charge in [0.05, 0.1) is 16.8 Å². The van der Waals surface area contributed by atoms with Gasteiger partial charge in [0.2, 0.25) is 0 Å². The van der Waals surface area contributed by atoms with E-state index in [4.69, 9.17) is 6.58 Å². The molecule has 3 heteroatoms. The zero-order valence-electron chi connectivity index (χ0n) is 48.1. The molecule has 1 aliphatic heterocycles. The summed E-state index contributed by atoms with van der Waals surface area (Å²) in [6.07, 6.45) is 6.85. The Morgan fingerprint density at radius 1 is 0.420 bits per heavy atom. The number of para-hydroxylation sites is 3. The van der Waals surface area contributed by atoms with E-state index in [-0.39, 0.29) is 10.8 Å². The molecule has 0 radical (unpaired) electrons. The third-order valence-corrected chi connectivity index (χ3v) is 18.0. The van der Waals surface area contributed by atoms with Crippen LogP contribution in [0.5, 0.6) is 0 Å². The Kier molecular flexibility index (Phi) is 12.4. The summed E-state index contributed by atoms with van der Waals surface area (Å²) in [7, 11) is 0. The molecule has 0 fully saturated rings. The fraction of sp³-hybridized carbons (Fsp3) is 0.154. The van der Waals surface area contributed by atoms with Gasteiger partial charge in [-0.25, -0.2) is 0 Å². The van der Waals surface area contributed by atoms with Crippen molar-refractivity contribution < 1.29 is 0 Å². The second-order valence-electron chi connectivity index (χ2n) is 23.6. The Morgan fingerprint density at radius 3 is 1.44 bits per heavy atom. The van der Waals surface area contributed by atoms with Gasteiger partial charge in [-0.15, -0.1) is 0 Å². The fourth-order valence-electron chi connectivity index (χ4n) is 13.9. The molecule has 0 aromatic heterocycles. The van der Waals surface area contributed by atoms with Crippen molar-refractivity contribution in [2.75, 3.05) is 14.7 Å². The molecular weight excluding hydrogens is 979 g/mol. The molecular formula is C78H69N3. The molecule has 0 amide bonds. The molecule has 13 rings (SSSR count). The number of anilines is 8. The molecule has 0 unspecified atom stereocenters. The number of allylic oxidation sites excluding steroid dienone is 4. The van der Waals surface area contributed by atoms with Gasteiger partial charge >= 0.3 is 0 Å². The number of fused-ring (bicyclic) bond motifs is 8. The van der Waals surface area contributed by atoms with E-state index in [0.717, 1.165) is 73.5 Å². The minimum atomic E-state index is -0.826. The lowest BCUT2D eigenvalue weighted by molar-refractivity contribution is 0.660. The monoisotopic (exact) mass is 1050 g/mol. The quantitative estimate of drug-likeness (QED) is 0.120. The number of nitrogens with zero attached hydrogens (tertiary/aromatic N) is 3. The number of rotatable bonds is 11. The van der Waals surface area contributed by atoms with E-state index in [1.807, 2.05) is 0 Å². The Morgan fingerprint density at radius 2 is 0.877 bits per heavy atom. The van der Waals surface area contributed by atoms with Crippen LogP contribution in [0.25, 0.3) is 22.3 Å². The van der Waals surface area contributed by atoms with Gasteiger partial charge in [0.25, 0.3) is 0 Å². The average molecular weight is 1050 g/mol. The van der Waals surface area contributed by atoms with Crippen molar-refractivity contribution in [3.8, 4) is 22.3 Å². The Labute approximate surface area is 480 Å². The summed E-state index contributed by atoms with van der Waals surface area (Å²) < 4.78 is 0. The van der Waals surface area contributed by atoms with Gasteiger partial charge in [0.1, 0.15) is 0 Å². The van der Waals surface area contributed by atoms with E-state index in [9.17, 15) is 0 Å². The van der Waals surface area contributed by atoms with Gasteiger partial charge < -0.3 is 14.7 Å². The molecule has 81 heavy (non-hydrogen) atoms. The zero-order chi connectivity index (χ0) is 56.0. The minimum Gasteiger partial charge on any atom is -0.311 e. The van der Waals surface area contributed by atoms with Crippen LogP contribution in [-0.2, 0) is 16.2 Å². The van der Waals surface area contributed by atoms with E-state index in [2.05, 4.69) is 320 Å². The molecule has 0 atom stereocenters. The first kappa shape index (κ1) is 51.3. The molecule has 10 aromatic rings. The Hall–Kier alpha value is -9.18. The third kappa shape index (κ3) is 8.07. The fourth-order valence-corrected chi connectivity index (χ4v) is 13.9. The number of aryl methyl sites for hydroxylation is 4. The van der Waals surface area contributed by atoms with Crippen molar-refractivity contribution in [1.82, 2.24) is 0 Å². The summed E-state index contributed by atoms with van der Waals surface area (Å²) >= 11 is 0. The first-order chi connectivity index (χ1) is 39.2. The van der Waals surface area contributed by atoms with Gasteiger partial charge in [-0.1, -0.05) is 198 Å². The maximum Gasteiger partial charge on any atom is 0.0736 e. The lowest BCUT2D eigenvalue weighted by Gasteiger charge is -2.46. The molecule has 3 aliphatic rings. The van der Waals surface area contributed by atoms with E-state index in [0.29, 0.717) is 0 Å². The first-order valence-electron chi connectivity index (χ1n) is 28.6. The third-order valence-electron chi connectivity index (χ3n) is 18.0. The topological polar surface area (TPSA) is 9.72 Å².